The quantitative estimate of drug-likeness (QED) is 0.717. The van der Waals surface area contributed by atoms with Crippen molar-refractivity contribution in [3.63, 3.8) is 0 Å². The van der Waals surface area contributed by atoms with Crippen LogP contribution < -0.4 is 20.4 Å². The number of hydrogen-bond acceptors (Lipinski definition) is 6. The highest BCUT2D eigenvalue weighted by Crippen LogP contribution is 2.27. The molecule has 0 aromatic carbocycles. The summed E-state index contributed by atoms with van der Waals surface area (Å²) in [6.07, 6.45) is 7.87. The van der Waals surface area contributed by atoms with E-state index in [1.165, 1.54) is 32.1 Å². The van der Waals surface area contributed by atoms with Crippen LogP contribution in [0.15, 0.2) is 28.9 Å². The molecule has 4 rings (SSSR count). The normalized spacial score (nSPS) is 19.8. The first-order valence-electron chi connectivity index (χ1n) is 10.6. The molecule has 0 unspecified atom stereocenters. The van der Waals surface area contributed by atoms with Crippen molar-refractivity contribution < 1.29 is 4.42 Å². The van der Waals surface area contributed by atoms with Crippen molar-refractivity contribution in [1.29, 1.82) is 0 Å². The summed E-state index contributed by atoms with van der Waals surface area (Å²) >= 11 is 5.46. The van der Waals surface area contributed by atoms with Crippen LogP contribution in [0.5, 0.6) is 0 Å². The van der Waals surface area contributed by atoms with Gasteiger partial charge in [-0.1, -0.05) is 6.92 Å². The molecule has 2 fully saturated rings. The van der Waals surface area contributed by atoms with Gasteiger partial charge in [0.05, 0.1) is 12.8 Å². The van der Waals surface area contributed by atoms with Crippen LogP contribution in [0, 0.1) is 5.92 Å². The molecule has 4 heterocycles. The Kier molecular flexibility index (Phi) is 6.49. The monoisotopic (exact) mass is 414 g/mol. The molecule has 2 aliphatic rings. The van der Waals surface area contributed by atoms with E-state index >= 15 is 0 Å². The van der Waals surface area contributed by atoms with E-state index < -0.39 is 0 Å². The molecule has 8 heteroatoms. The van der Waals surface area contributed by atoms with Gasteiger partial charge in [0.15, 0.2) is 5.11 Å². The van der Waals surface area contributed by atoms with E-state index in [4.69, 9.17) is 26.6 Å². The molecule has 29 heavy (non-hydrogen) atoms. The van der Waals surface area contributed by atoms with E-state index in [0.29, 0.717) is 23.5 Å². The third-order valence-electron chi connectivity index (χ3n) is 5.59. The summed E-state index contributed by atoms with van der Waals surface area (Å²) in [6.45, 7) is 7.02. The Morgan fingerprint density at radius 1 is 1.14 bits per heavy atom. The van der Waals surface area contributed by atoms with Crippen molar-refractivity contribution in [3.05, 3.63) is 30.2 Å². The van der Waals surface area contributed by atoms with Crippen LogP contribution in [-0.2, 0) is 6.54 Å². The molecule has 2 aromatic heterocycles. The Morgan fingerprint density at radius 3 is 2.62 bits per heavy atom. The van der Waals surface area contributed by atoms with Gasteiger partial charge in [-0.15, -0.1) is 0 Å². The Balaban J connectivity index is 1.51. The second-order valence-corrected chi connectivity index (χ2v) is 8.44. The van der Waals surface area contributed by atoms with E-state index in [1.807, 2.05) is 12.1 Å². The molecule has 2 N–H and O–H groups in total. The minimum Gasteiger partial charge on any atom is -0.467 e. The van der Waals surface area contributed by atoms with Crippen molar-refractivity contribution in [3.8, 4) is 0 Å². The molecule has 1 atom stereocenters. The predicted octanol–water partition coefficient (Wildman–Crippen LogP) is 3.78. The average Bonchev–Trinajstić information content (AvgIpc) is 3.26. The molecular weight excluding hydrogens is 384 g/mol. The van der Waals surface area contributed by atoms with Gasteiger partial charge in [0, 0.05) is 32.2 Å². The molecule has 2 saturated heterocycles. The van der Waals surface area contributed by atoms with Gasteiger partial charge >= 0.3 is 0 Å². The molecule has 2 aromatic rings. The zero-order valence-electron chi connectivity index (χ0n) is 17.1. The molecule has 0 radical (unpaired) electrons. The minimum absolute atomic E-state index is 0.496. The smallest absolute Gasteiger partial charge is 0.232 e. The second-order valence-electron chi connectivity index (χ2n) is 8.04. The predicted molar refractivity (Wildman–Crippen MR) is 120 cm³/mol. The molecule has 0 amide bonds. The fraction of sp³-hybridized carbons (Fsp3) is 0.571. The lowest BCUT2D eigenvalue weighted by molar-refractivity contribution is 0.444. The molecule has 156 valence electrons. The van der Waals surface area contributed by atoms with Crippen molar-refractivity contribution >= 4 is 34.9 Å². The van der Waals surface area contributed by atoms with Crippen molar-refractivity contribution in [2.75, 3.05) is 41.3 Å². The third-order valence-corrected chi connectivity index (χ3v) is 5.84. The van der Waals surface area contributed by atoms with E-state index in [1.54, 1.807) is 6.26 Å². The highest BCUT2D eigenvalue weighted by molar-refractivity contribution is 7.80. The van der Waals surface area contributed by atoms with Crippen LogP contribution in [0.4, 0.5) is 17.6 Å². The van der Waals surface area contributed by atoms with Crippen LogP contribution in [0.2, 0.25) is 0 Å². The number of piperidine rings is 2. The van der Waals surface area contributed by atoms with Gasteiger partial charge in [-0.2, -0.15) is 9.97 Å². The van der Waals surface area contributed by atoms with Gasteiger partial charge in [-0.25, -0.2) is 0 Å². The summed E-state index contributed by atoms with van der Waals surface area (Å²) in [5.41, 5.74) is 0. The van der Waals surface area contributed by atoms with E-state index in [2.05, 4.69) is 33.4 Å². The highest BCUT2D eigenvalue weighted by atomic mass is 32.1. The van der Waals surface area contributed by atoms with E-state index in [-0.39, 0.29) is 0 Å². The summed E-state index contributed by atoms with van der Waals surface area (Å²) in [4.78, 5) is 14.3. The van der Waals surface area contributed by atoms with Crippen LogP contribution in [0.1, 0.15) is 44.8 Å². The number of anilines is 3. The lowest BCUT2D eigenvalue weighted by atomic mass is 10.0. The zero-order valence-corrected chi connectivity index (χ0v) is 17.9. The number of hydrogen-bond donors (Lipinski definition) is 2. The van der Waals surface area contributed by atoms with E-state index in [9.17, 15) is 0 Å². The van der Waals surface area contributed by atoms with Crippen molar-refractivity contribution in [2.24, 2.45) is 5.92 Å². The van der Waals surface area contributed by atoms with Gasteiger partial charge in [0.25, 0.3) is 0 Å². The Labute approximate surface area is 177 Å². The van der Waals surface area contributed by atoms with Crippen LogP contribution in [-0.4, -0.2) is 41.3 Å². The molecule has 0 aliphatic carbocycles. The van der Waals surface area contributed by atoms with Crippen molar-refractivity contribution in [2.45, 2.75) is 45.6 Å². The Hall–Kier alpha value is -2.35. The Morgan fingerprint density at radius 2 is 1.90 bits per heavy atom. The van der Waals surface area contributed by atoms with Gasteiger partial charge in [-0.3, -0.25) is 0 Å². The number of nitrogens with one attached hydrogen (secondary N) is 2. The van der Waals surface area contributed by atoms with Crippen LogP contribution in [0.3, 0.4) is 0 Å². The van der Waals surface area contributed by atoms with Gasteiger partial charge in [0.2, 0.25) is 5.95 Å². The minimum atomic E-state index is 0.496. The third kappa shape index (κ3) is 5.38. The standard InChI is InChI=1S/C21H30N6OS/c1-16-7-5-11-27(15-16)19-13-18(26-9-3-2-4-10-26)23-20(24-19)25-21(29)22-14-17-8-6-12-28-17/h6,8,12-13,16H,2-5,7,9-11,14-15H2,1H3,(H2,22,23,24,25,29)/t16-/m1/s1. The number of rotatable bonds is 5. The molecule has 0 bridgehead atoms. The molecular formula is C21H30N6OS. The lowest BCUT2D eigenvalue weighted by Crippen LogP contribution is -2.36. The zero-order chi connectivity index (χ0) is 20.1. The molecule has 0 saturated carbocycles. The highest BCUT2D eigenvalue weighted by Gasteiger charge is 2.21. The van der Waals surface area contributed by atoms with Crippen LogP contribution >= 0.6 is 12.2 Å². The van der Waals surface area contributed by atoms with Gasteiger partial charge in [0.1, 0.15) is 17.4 Å². The number of nitrogens with zero attached hydrogens (tertiary/aromatic N) is 4. The Bertz CT molecular complexity index is 806. The largest absolute Gasteiger partial charge is 0.467 e. The summed E-state index contributed by atoms with van der Waals surface area (Å²) in [7, 11) is 0. The summed E-state index contributed by atoms with van der Waals surface area (Å²) in [6, 6.07) is 5.93. The van der Waals surface area contributed by atoms with Gasteiger partial charge in [-0.05, 0) is 62.4 Å². The molecule has 2 aliphatic heterocycles. The SMILES string of the molecule is C[C@@H]1CCCN(c2cc(N3CCCCC3)nc(NC(=S)NCc3ccco3)n2)C1. The maximum absolute atomic E-state index is 5.46. The maximum atomic E-state index is 5.46. The fourth-order valence-electron chi connectivity index (χ4n) is 4.05. The van der Waals surface area contributed by atoms with Crippen molar-refractivity contribution in [1.82, 2.24) is 15.3 Å². The van der Waals surface area contributed by atoms with Gasteiger partial charge < -0.3 is 24.9 Å². The molecule has 7 nitrogen and oxygen atoms in total. The fourth-order valence-corrected chi connectivity index (χ4v) is 4.21. The second kappa shape index (κ2) is 9.43. The number of thiocarbonyl (C=S) groups is 1. The number of aromatic nitrogens is 2. The maximum Gasteiger partial charge on any atom is 0.232 e. The number of furan rings is 1. The van der Waals surface area contributed by atoms with E-state index in [0.717, 1.165) is 43.6 Å². The molecule has 0 spiro atoms. The first kappa shape index (κ1) is 19.9. The lowest BCUT2D eigenvalue weighted by Gasteiger charge is -2.33. The summed E-state index contributed by atoms with van der Waals surface area (Å²) in [5, 5.41) is 6.83. The first-order valence-corrected chi connectivity index (χ1v) is 11.0. The summed E-state index contributed by atoms with van der Waals surface area (Å²) in [5.74, 6) is 4.05. The van der Waals surface area contributed by atoms with Crippen LogP contribution in [0.25, 0.3) is 0 Å². The average molecular weight is 415 g/mol. The summed E-state index contributed by atoms with van der Waals surface area (Å²) < 4.78 is 5.35. The first-order chi connectivity index (χ1) is 14.2. The topological polar surface area (TPSA) is 69.5 Å².